The number of nitrogens with one attached hydrogen (secondary N) is 1. The Morgan fingerprint density at radius 2 is 1.53 bits per heavy atom. The van der Waals surface area contributed by atoms with Gasteiger partial charge in [-0.25, -0.2) is 0 Å². The van der Waals surface area contributed by atoms with E-state index in [1.807, 2.05) is 7.05 Å². The van der Waals surface area contributed by atoms with Gasteiger partial charge in [-0.05, 0) is 62.6 Å². The highest BCUT2D eigenvalue weighted by molar-refractivity contribution is 5.74. The van der Waals surface area contributed by atoms with Crippen LogP contribution in [0, 0.1) is 20.8 Å². The summed E-state index contributed by atoms with van der Waals surface area (Å²) in [5.74, 6) is 0. The van der Waals surface area contributed by atoms with E-state index in [9.17, 15) is 0 Å². The number of hydrogen-bond donors (Lipinski definition) is 1. The minimum absolute atomic E-state index is 0.358. The van der Waals surface area contributed by atoms with Crippen molar-refractivity contribution in [2.75, 3.05) is 7.05 Å². The fraction of sp³-hybridized carbons (Fsp3) is 0.333. The molecular formula is C18H23N. The van der Waals surface area contributed by atoms with Crippen molar-refractivity contribution in [1.29, 1.82) is 0 Å². The highest BCUT2D eigenvalue weighted by atomic mass is 14.9. The summed E-state index contributed by atoms with van der Waals surface area (Å²) in [6, 6.07) is 13.6. The third kappa shape index (κ3) is 2.71. The van der Waals surface area contributed by atoms with Gasteiger partial charge in [0.2, 0.25) is 0 Å². The van der Waals surface area contributed by atoms with E-state index in [1.54, 1.807) is 0 Å². The summed E-state index contributed by atoms with van der Waals surface area (Å²) >= 11 is 0. The van der Waals surface area contributed by atoms with Gasteiger partial charge in [-0.2, -0.15) is 0 Å². The van der Waals surface area contributed by atoms with Gasteiger partial charge in [-0.1, -0.05) is 42.0 Å². The maximum absolute atomic E-state index is 3.34. The van der Waals surface area contributed by atoms with Crippen molar-refractivity contribution < 1.29 is 0 Å². The molecule has 1 atom stereocenters. The lowest BCUT2D eigenvalue weighted by Crippen LogP contribution is -2.13. The minimum atomic E-state index is 0.358. The van der Waals surface area contributed by atoms with E-state index in [0.717, 1.165) is 0 Å². The second-order valence-electron chi connectivity index (χ2n) is 5.37. The molecule has 0 saturated carbocycles. The summed E-state index contributed by atoms with van der Waals surface area (Å²) < 4.78 is 0. The Morgan fingerprint density at radius 1 is 0.947 bits per heavy atom. The molecule has 0 heterocycles. The third-order valence-corrected chi connectivity index (χ3v) is 3.81. The Hall–Kier alpha value is -1.60. The normalized spacial score (nSPS) is 12.5. The van der Waals surface area contributed by atoms with Gasteiger partial charge in [0.15, 0.2) is 0 Å². The fourth-order valence-electron chi connectivity index (χ4n) is 2.86. The Bertz CT molecular complexity index is 561. The molecule has 2 aromatic carbocycles. The lowest BCUT2D eigenvalue weighted by Gasteiger charge is -2.19. The predicted molar refractivity (Wildman–Crippen MR) is 83.6 cm³/mol. The summed E-state index contributed by atoms with van der Waals surface area (Å²) in [4.78, 5) is 0. The molecule has 0 radical (unpaired) electrons. The van der Waals surface area contributed by atoms with Crippen LogP contribution in [0.15, 0.2) is 36.4 Å². The number of benzene rings is 2. The van der Waals surface area contributed by atoms with Crippen LogP contribution in [-0.4, -0.2) is 7.05 Å². The molecule has 1 nitrogen and oxygen atoms in total. The SMILES string of the molecule is CNC(C)c1ccccc1-c1c(C)cc(C)cc1C. The molecule has 0 aliphatic rings. The van der Waals surface area contributed by atoms with Crippen LogP contribution in [0.4, 0.5) is 0 Å². The Balaban J connectivity index is 2.66. The highest BCUT2D eigenvalue weighted by Crippen LogP contribution is 2.33. The molecule has 0 saturated heterocycles. The zero-order valence-electron chi connectivity index (χ0n) is 12.5. The van der Waals surface area contributed by atoms with E-state index < -0.39 is 0 Å². The monoisotopic (exact) mass is 253 g/mol. The molecular weight excluding hydrogens is 230 g/mol. The first-order valence-corrected chi connectivity index (χ1v) is 6.89. The quantitative estimate of drug-likeness (QED) is 0.845. The van der Waals surface area contributed by atoms with Crippen molar-refractivity contribution in [3.05, 3.63) is 58.7 Å². The molecule has 0 fully saturated rings. The van der Waals surface area contributed by atoms with Crippen LogP contribution in [0.5, 0.6) is 0 Å². The van der Waals surface area contributed by atoms with Crippen LogP contribution < -0.4 is 5.32 Å². The molecule has 0 aliphatic carbocycles. The summed E-state index contributed by atoms with van der Waals surface area (Å²) in [6.45, 7) is 8.77. The zero-order valence-corrected chi connectivity index (χ0v) is 12.5. The van der Waals surface area contributed by atoms with Crippen LogP contribution >= 0.6 is 0 Å². The standard InChI is InChI=1S/C18H23N/c1-12-10-13(2)18(14(3)11-12)17-9-7-6-8-16(17)15(4)19-5/h6-11,15,19H,1-5H3. The Morgan fingerprint density at radius 3 is 2.11 bits per heavy atom. The average molecular weight is 253 g/mol. The van der Waals surface area contributed by atoms with Crippen LogP contribution in [-0.2, 0) is 0 Å². The van der Waals surface area contributed by atoms with E-state index in [-0.39, 0.29) is 0 Å². The van der Waals surface area contributed by atoms with E-state index in [0.29, 0.717) is 6.04 Å². The first kappa shape index (κ1) is 13.8. The van der Waals surface area contributed by atoms with Crippen molar-refractivity contribution in [2.45, 2.75) is 33.7 Å². The van der Waals surface area contributed by atoms with Crippen molar-refractivity contribution in [2.24, 2.45) is 0 Å². The minimum Gasteiger partial charge on any atom is -0.313 e. The van der Waals surface area contributed by atoms with E-state index in [4.69, 9.17) is 0 Å². The first-order valence-electron chi connectivity index (χ1n) is 6.89. The predicted octanol–water partition coefficient (Wildman–Crippen LogP) is 4.56. The van der Waals surface area contributed by atoms with Gasteiger partial charge in [-0.15, -0.1) is 0 Å². The van der Waals surface area contributed by atoms with Gasteiger partial charge in [-0.3, -0.25) is 0 Å². The second-order valence-corrected chi connectivity index (χ2v) is 5.37. The highest BCUT2D eigenvalue weighted by Gasteiger charge is 2.13. The van der Waals surface area contributed by atoms with Crippen LogP contribution in [0.1, 0.15) is 35.2 Å². The van der Waals surface area contributed by atoms with Crippen molar-refractivity contribution >= 4 is 0 Å². The number of rotatable bonds is 3. The second kappa shape index (κ2) is 5.58. The lowest BCUT2D eigenvalue weighted by atomic mass is 9.89. The molecule has 1 N–H and O–H groups in total. The molecule has 2 rings (SSSR count). The Kier molecular flexibility index (Phi) is 4.06. The average Bonchev–Trinajstić information content (AvgIpc) is 2.37. The first-order chi connectivity index (χ1) is 9.04. The molecule has 1 heteroatoms. The van der Waals surface area contributed by atoms with E-state index in [2.05, 4.69) is 69.4 Å². The third-order valence-electron chi connectivity index (χ3n) is 3.81. The fourth-order valence-corrected chi connectivity index (χ4v) is 2.86. The van der Waals surface area contributed by atoms with Crippen molar-refractivity contribution in [1.82, 2.24) is 5.32 Å². The van der Waals surface area contributed by atoms with Crippen molar-refractivity contribution in [3.63, 3.8) is 0 Å². The summed E-state index contributed by atoms with van der Waals surface area (Å²) in [6.07, 6.45) is 0. The maximum atomic E-state index is 3.34. The maximum Gasteiger partial charge on any atom is 0.0295 e. The summed E-state index contributed by atoms with van der Waals surface area (Å²) in [7, 11) is 2.01. The van der Waals surface area contributed by atoms with Gasteiger partial charge in [0, 0.05) is 6.04 Å². The molecule has 0 spiro atoms. The zero-order chi connectivity index (χ0) is 14.0. The molecule has 1 unspecified atom stereocenters. The van der Waals surface area contributed by atoms with Gasteiger partial charge in [0.05, 0.1) is 0 Å². The van der Waals surface area contributed by atoms with Crippen molar-refractivity contribution in [3.8, 4) is 11.1 Å². The number of hydrogen-bond acceptors (Lipinski definition) is 1. The summed E-state index contributed by atoms with van der Waals surface area (Å²) in [5, 5.41) is 3.34. The molecule has 0 bridgehead atoms. The molecule has 0 aromatic heterocycles. The molecule has 100 valence electrons. The molecule has 0 amide bonds. The number of aryl methyl sites for hydroxylation is 3. The lowest BCUT2D eigenvalue weighted by molar-refractivity contribution is 0.654. The topological polar surface area (TPSA) is 12.0 Å². The molecule has 0 aliphatic heterocycles. The van der Waals surface area contributed by atoms with Gasteiger partial charge in [0.1, 0.15) is 0 Å². The van der Waals surface area contributed by atoms with Crippen LogP contribution in [0.25, 0.3) is 11.1 Å². The van der Waals surface area contributed by atoms with E-state index in [1.165, 1.54) is 33.4 Å². The van der Waals surface area contributed by atoms with Crippen LogP contribution in [0.3, 0.4) is 0 Å². The molecule has 19 heavy (non-hydrogen) atoms. The smallest absolute Gasteiger partial charge is 0.0295 e. The largest absolute Gasteiger partial charge is 0.313 e. The van der Waals surface area contributed by atoms with Gasteiger partial charge in [0.25, 0.3) is 0 Å². The van der Waals surface area contributed by atoms with Crippen LogP contribution in [0.2, 0.25) is 0 Å². The van der Waals surface area contributed by atoms with Gasteiger partial charge >= 0.3 is 0 Å². The Labute approximate surface area is 116 Å². The summed E-state index contributed by atoms with van der Waals surface area (Å²) in [5.41, 5.74) is 8.13. The van der Waals surface area contributed by atoms with Gasteiger partial charge < -0.3 is 5.32 Å². The molecule has 2 aromatic rings. The van der Waals surface area contributed by atoms with E-state index >= 15 is 0 Å².